The third kappa shape index (κ3) is 3.42. The summed E-state index contributed by atoms with van der Waals surface area (Å²) in [6, 6.07) is 9.20. The minimum Gasteiger partial charge on any atom is -0.462 e. The average molecular weight is 357 g/mol. The predicted molar refractivity (Wildman–Crippen MR) is 95.7 cm³/mol. The summed E-state index contributed by atoms with van der Waals surface area (Å²) in [6.45, 7) is 4.06. The average Bonchev–Trinajstić information content (AvgIpc) is 3.22. The molecule has 1 aromatic heterocycles. The number of hydrogen-bond acceptors (Lipinski definition) is 6. The molecule has 0 spiro atoms. The highest BCUT2D eigenvalue weighted by Gasteiger charge is 2.47. The molecule has 2 heterocycles. The Bertz CT molecular complexity index is 774. The second kappa shape index (κ2) is 7.59. The molecule has 2 unspecified atom stereocenters. The normalized spacial score (nSPS) is 22.1. The fraction of sp³-hybridized carbons (Fsp3) is 0.421. The number of esters is 2. The molecular formula is C19H23N3O4. The van der Waals surface area contributed by atoms with Crippen molar-refractivity contribution in [3.05, 3.63) is 47.7 Å². The maximum atomic E-state index is 12.5. The molecule has 2 aromatic rings. The van der Waals surface area contributed by atoms with Crippen molar-refractivity contribution in [2.75, 3.05) is 11.9 Å². The highest BCUT2D eigenvalue weighted by atomic mass is 16.6. The van der Waals surface area contributed by atoms with Crippen LogP contribution in [0.1, 0.15) is 49.0 Å². The fourth-order valence-corrected chi connectivity index (χ4v) is 3.38. The van der Waals surface area contributed by atoms with Crippen LogP contribution in [0.4, 0.5) is 5.82 Å². The quantitative estimate of drug-likeness (QED) is 0.740. The lowest BCUT2D eigenvalue weighted by molar-refractivity contribution is -0.150. The van der Waals surface area contributed by atoms with Gasteiger partial charge in [-0.05, 0) is 18.9 Å². The maximum Gasteiger partial charge on any atom is 0.343 e. The van der Waals surface area contributed by atoms with Crippen molar-refractivity contribution in [3.8, 4) is 0 Å². The first-order chi connectivity index (χ1) is 12.6. The molecule has 2 N–H and O–H groups in total. The fourth-order valence-electron chi connectivity index (χ4n) is 3.38. The molecule has 0 amide bonds. The van der Waals surface area contributed by atoms with E-state index in [9.17, 15) is 9.59 Å². The minimum atomic E-state index is -0.658. The summed E-state index contributed by atoms with van der Waals surface area (Å²) < 4.78 is 10.8. The Kier molecular flexibility index (Phi) is 5.25. The molecule has 3 rings (SSSR count). The standard InChI is InChI=1S/C19H23N3O4/c1-3-10-19(13-8-6-5-7-9-13)11-15(18(24)26-19)21-16-14(12-20-22-16)17(23)25-4-2/h5-9,12,15H,3-4,10-11H2,1-2H3,(H2,20,21,22). The molecule has 1 aromatic carbocycles. The number of benzene rings is 1. The van der Waals surface area contributed by atoms with Crippen LogP contribution in [0, 0.1) is 0 Å². The molecule has 2 atom stereocenters. The SMILES string of the molecule is CCCC1(c2ccccc2)CC(Nc2[nH]ncc2C(=O)OCC)C(=O)O1. The van der Waals surface area contributed by atoms with Crippen LogP contribution in [0.2, 0.25) is 0 Å². The topological polar surface area (TPSA) is 93.3 Å². The number of rotatable bonds is 7. The molecule has 0 radical (unpaired) electrons. The van der Waals surface area contributed by atoms with E-state index in [4.69, 9.17) is 9.47 Å². The zero-order valence-corrected chi connectivity index (χ0v) is 15.0. The van der Waals surface area contributed by atoms with Gasteiger partial charge in [0.05, 0.1) is 12.8 Å². The molecule has 1 saturated heterocycles. The maximum absolute atomic E-state index is 12.5. The number of nitrogens with zero attached hydrogens (tertiary/aromatic N) is 1. The van der Waals surface area contributed by atoms with Gasteiger partial charge >= 0.3 is 11.9 Å². The number of nitrogens with one attached hydrogen (secondary N) is 2. The van der Waals surface area contributed by atoms with E-state index in [1.165, 1.54) is 6.20 Å². The minimum absolute atomic E-state index is 0.266. The van der Waals surface area contributed by atoms with Crippen LogP contribution in [-0.4, -0.2) is 34.8 Å². The Labute approximate surface area is 152 Å². The molecule has 26 heavy (non-hydrogen) atoms. The third-order valence-corrected chi connectivity index (χ3v) is 4.52. The van der Waals surface area contributed by atoms with E-state index in [2.05, 4.69) is 22.4 Å². The largest absolute Gasteiger partial charge is 0.462 e. The first kappa shape index (κ1) is 18.0. The summed E-state index contributed by atoms with van der Waals surface area (Å²) in [5, 5.41) is 9.67. The summed E-state index contributed by atoms with van der Waals surface area (Å²) in [7, 11) is 0. The van der Waals surface area contributed by atoms with E-state index in [1.54, 1.807) is 6.92 Å². The van der Waals surface area contributed by atoms with E-state index in [1.807, 2.05) is 30.3 Å². The summed E-state index contributed by atoms with van der Waals surface area (Å²) in [4.78, 5) is 24.5. The number of aromatic nitrogens is 2. The smallest absolute Gasteiger partial charge is 0.343 e. The van der Waals surface area contributed by atoms with E-state index in [0.29, 0.717) is 12.2 Å². The number of carbonyl (C=O) groups is 2. The second-order valence-electron chi connectivity index (χ2n) is 6.31. The van der Waals surface area contributed by atoms with Crippen molar-refractivity contribution in [2.45, 2.75) is 44.8 Å². The van der Waals surface area contributed by atoms with Crippen molar-refractivity contribution in [1.29, 1.82) is 0 Å². The summed E-state index contributed by atoms with van der Waals surface area (Å²) in [5.41, 5.74) is 0.594. The van der Waals surface area contributed by atoms with Crippen molar-refractivity contribution >= 4 is 17.8 Å². The first-order valence-electron chi connectivity index (χ1n) is 8.85. The lowest BCUT2D eigenvalue weighted by Gasteiger charge is -2.27. The zero-order chi connectivity index (χ0) is 18.6. The number of anilines is 1. The van der Waals surface area contributed by atoms with Gasteiger partial charge in [-0.15, -0.1) is 0 Å². The Morgan fingerprint density at radius 2 is 2.15 bits per heavy atom. The molecule has 7 heteroatoms. The Hall–Kier alpha value is -2.83. The molecule has 0 bridgehead atoms. The van der Waals surface area contributed by atoms with Crippen LogP contribution in [0.25, 0.3) is 0 Å². The second-order valence-corrected chi connectivity index (χ2v) is 6.31. The van der Waals surface area contributed by atoms with Crippen molar-refractivity contribution in [2.24, 2.45) is 0 Å². The predicted octanol–water partition coefficient (Wildman–Crippen LogP) is 3.01. The van der Waals surface area contributed by atoms with Gasteiger partial charge in [0.25, 0.3) is 0 Å². The summed E-state index contributed by atoms with van der Waals surface area (Å²) in [6.07, 6.45) is 3.48. The molecule has 7 nitrogen and oxygen atoms in total. The molecular weight excluding hydrogens is 334 g/mol. The number of carbonyl (C=O) groups excluding carboxylic acids is 2. The number of hydrogen-bond donors (Lipinski definition) is 2. The van der Waals surface area contributed by atoms with E-state index in [-0.39, 0.29) is 18.1 Å². The van der Waals surface area contributed by atoms with Gasteiger partial charge in [0.2, 0.25) is 0 Å². The number of aromatic amines is 1. The van der Waals surface area contributed by atoms with Crippen LogP contribution in [-0.2, 0) is 19.9 Å². The van der Waals surface area contributed by atoms with Gasteiger partial charge in [-0.25, -0.2) is 9.59 Å². The lowest BCUT2D eigenvalue weighted by atomic mass is 9.85. The molecule has 1 aliphatic heterocycles. The van der Waals surface area contributed by atoms with Gasteiger partial charge < -0.3 is 14.8 Å². The monoisotopic (exact) mass is 357 g/mol. The van der Waals surface area contributed by atoms with Gasteiger partial charge in [0, 0.05) is 6.42 Å². The Morgan fingerprint density at radius 3 is 2.85 bits per heavy atom. The lowest BCUT2D eigenvalue weighted by Crippen LogP contribution is -2.27. The van der Waals surface area contributed by atoms with Crippen LogP contribution >= 0.6 is 0 Å². The van der Waals surface area contributed by atoms with Gasteiger partial charge in [0.15, 0.2) is 0 Å². The number of cyclic esters (lactones) is 1. The van der Waals surface area contributed by atoms with Gasteiger partial charge in [-0.3, -0.25) is 5.10 Å². The molecule has 1 fully saturated rings. The molecule has 1 aliphatic rings. The first-order valence-corrected chi connectivity index (χ1v) is 8.85. The zero-order valence-electron chi connectivity index (χ0n) is 15.0. The van der Waals surface area contributed by atoms with Crippen molar-refractivity contribution < 1.29 is 19.1 Å². The summed E-state index contributed by atoms with van der Waals surface area (Å²) >= 11 is 0. The van der Waals surface area contributed by atoms with Crippen LogP contribution in [0.3, 0.4) is 0 Å². The van der Waals surface area contributed by atoms with E-state index < -0.39 is 17.6 Å². The van der Waals surface area contributed by atoms with Gasteiger partial charge in [-0.2, -0.15) is 5.10 Å². The van der Waals surface area contributed by atoms with E-state index >= 15 is 0 Å². The summed E-state index contributed by atoms with van der Waals surface area (Å²) in [5.74, 6) is -0.463. The van der Waals surface area contributed by atoms with Crippen molar-refractivity contribution in [3.63, 3.8) is 0 Å². The number of ether oxygens (including phenoxy) is 2. The van der Waals surface area contributed by atoms with E-state index in [0.717, 1.165) is 18.4 Å². The Balaban J connectivity index is 1.82. The highest BCUT2D eigenvalue weighted by molar-refractivity contribution is 5.95. The van der Waals surface area contributed by atoms with Crippen LogP contribution in [0.15, 0.2) is 36.5 Å². The van der Waals surface area contributed by atoms with Gasteiger partial charge in [-0.1, -0.05) is 43.7 Å². The van der Waals surface area contributed by atoms with Gasteiger partial charge in [0.1, 0.15) is 23.0 Å². The van der Waals surface area contributed by atoms with Crippen LogP contribution in [0.5, 0.6) is 0 Å². The van der Waals surface area contributed by atoms with Crippen molar-refractivity contribution in [1.82, 2.24) is 10.2 Å². The molecule has 0 aliphatic carbocycles. The molecule has 138 valence electrons. The highest BCUT2D eigenvalue weighted by Crippen LogP contribution is 2.41. The Morgan fingerprint density at radius 1 is 1.38 bits per heavy atom. The third-order valence-electron chi connectivity index (χ3n) is 4.52. The van der Waals surface area contributed by atoms with Crippen LogP contribution < -0.4 is 5.32 Å². The molecule has 0 saturated carbocycles. The number of H-pyrrole nitrogens is 1.